The van der Waals surface area contributed by atoms with Crippen molar-refractivity contribution in [1.29, 1.82) is 0 Å². The summed E-state index contributed by atoms with van der Waals surface area (Å²) in [6, 6.07) is 0. The third-order valence-electron chi connectivity index (χ3n) is 0.557. The van der Waals surface area contributed by atoms with E-state index in [1.807, 2.05) is 0 Å². The first-order chi connectivity index (χ1) is 3.56. The fraction of sp³-hybridized carbons (Fsp3) is 0.600. The minimum absolute atomic E-state index is 0.337. The molecule has 0 aliphatic rings. The van der Waals surface area contributed by atoms with E-state index in [1.165, 1.54) is 6.20 Å². The summed E-state index contributed by atoms with van der Waals surface area (Å²) in [6.45, 7) is 3.73. The predicted molar refractivity (Wildman–Crippen MR) is 28.8 cm³/mol. The van der Waals surface area contributed by atoms with Crippen LogP contribution < -0.4 is 5.32 Å². The Hall–Kier alpha value is -0.600. The molecule has 3 heteroatoms. The molecule has 0 bridgehead atoms. The summed E-state index contributed by atoms with van der Waals surface area (Å²) >= 11 is 0. The monoisotopic (exact) mass is 121 g/mol. The Kier molecular flexibility index (Phi) is 2.45. The van der Waals surface area contributed by atoms with Gasteiger partial charge in [0.15, 0.2) is 0 Å². The molecule has 8 heavy (non-hydrogen) atoms. The Morgan fingerprint density at radius 3 is 2.38 bits per heavy atom. The smallest absolute Gasteiger partial charge is 0.262 e. The highest BCUT2D eigenvalue weighted by molar-refractivity contribution is 4.69. The van der Waals surface area contributed by atoms with Crippen molar-refractivity contribution < 1.29 is 8.78 Å². The highest BCUT2D eigenvalue weighted by Gasteiger charge is 2.18. The predicted octanol–water partition coefficient (Wildman–Crippen LogP) is 1.37. The Labute approximate surface area is 47.4 Å². The van der Waals surface area contributed by atoms with E-state index in [0.29, 0.717) is 0 Å². The van der Waals surface area contributed by atoms with Crippen molar-refractivity contribution in [3.8, 4) is 0 Å². The second-order valence-corrected chi connectivity index (χ2v) is 1.66. The molecule has 0 amide bonds. The third-order valence-corrected chi connectivity index (χ3v) is 0.557. The van der Waals surface area contributed by atoms with Gasteiger partial charge in [0.1, 0.15) is 0 Å². The van der Waals surface area contributed by atoms with Crippen molar-refractivity contribution in [3.05, 3.63) is 12.8 Å². The van der Waals surface area contributed by atoms with E-state index < -0.39 is 5.92 Å². The van der Waals surface area contributed by atoms with Crippen LogP contribution in [0.3, 0.4) is 0 Å². The van der Waals surface area contributed by atoms with Crippen LogP contribution >= 0.6 is 0 Å². The fourth-order valence-electron chi connectivity index (χ4n) is 0.251. The SMILES string of the molecule is C=CNCC(C)(F)F. The summed E-state index contributed by atoms with van der Waals surface area (Å²) in [7, 11) is 0. The molecule has 0 saturated carbocycles. The van der Waals surface area contributed by atoms with Crippen LogP contribution in [-0.2, 0) is 0 Å². The molecule has 0 aliphatic carbocycles. The molecule has 0 aromatic rings. The van der Waals surface area contributed by atoms with Crippen LogP contribution in [0.4, 0.5) is 8.78 Å². The van der Waals surface area contributed by atoms with Crippen LogP contribution in [0.2, 0.25) is 0 Å². The van der Waals surface area contributed by atoms with Gasteiger partial charge >= 0.3 is 0 Å². The van der Waals surface area contributed by atoms with E-state index >= 15 is 0 Å². The lowest BCUT2D eigenvalue weighted by Crippen LogP contribution is -2.25. The topological polar surface area (TPSA) is 12.0 Å². The first-order valence-corrected chi connectivity index (χ1v) is 2.28. The Morgan fingerprint density at radius 2 is 2.25 bits per heavy atom. The summed E-state index contributed by atoms with van der Waals surface area (Å²) in [5, 5.41) is 2.30. The molecule has 48 valence electrons. The van der Waals surface area contributed by atoms with Crippen molar-refractivity contribution in [1.82, 2.24) is 5.32 Å². The van der Waals surface area contributed by atoms with Crippen LogP contribution in [0.5, 0.6) is 0 Å². The summed E-state index contributed by atoms with van der Waals surface area (Å²) < 4.78 is 23.6. The minimum Gasteiger partial charge on any atom is -0.385 e. The second kappa shape index (κ2) is 2.64. The van der Waals surface area contributed by atoms with Crippen LogP contribution in [0.1, 0.15) is 6.92 Å². The zero-order valence-electron chi connectivity index (χ0n) is 4.75. The van der Waals surface area contributed by atoms with Gasteiger partial charge in [-0.15, -0.1) is 0 Å². The maximum Gasteiger partial charge on any atom is 0.262 e. The molecule has 0 unspecified atom stereocenters. The third kappa shape index (κ3) is 5.40. The summed E-state index contributed by atoms with van der Waals surface area (Å²) in [5.41, 5.74) is 0. The number of nitrogens with one attached hydrogen (secondary N) is 1. The maximum absolute atomic E-state index is 11.8. The Balaban J connectivity index is 3.24. The zero-order valence-corrected chi connectivity index (χ0v) is 4.75. The average molecular weight is 121 g/mol. The van der Waals surface area contributed by atoms with Crippen LogP contribution in [0.25, 0.3) is 0 Å². The molecule has 0 atom stereocenters. The van der Waals surface area contributed by atoms with Gasteiger partial charge in [-0.3, -0.25) is 0 Å². The summed E-state index contributed by atoms with van der Waals surface area (Å²) in [4.78, 5) is 0. The molecule has 0 aromatic carbocycles. The molecule has 1 nitrogen and oxygen atoms in total. The molecule has 0 fully saturated rings. The van der Waals surface area contributed by atoms with Crippen LogP contribution in [0.15, 0.2) is 12.8 Å². The standard InChI is InChI=1S/C5H9F2N/c1-3-8-4-5(2,6)7/h3,8H,1,4H2,2H3. The average Bonchev–Trinajstić information content (AvgIpc) is 1.59. The Bertz CT molecular complexity index is 75.0. The van der Waals surface area contributed by atoms with Crippen molar-refractivity contribution in [2.45, 2.75) is 12.8 Å². The van der Waals surface area contributed by atoms with E-state index in [4.69, 9.17) is 0 Å². The molecular formula is C5H9F2N. The quantitative estimate of drug-likeness (QED) is 0.594. The summed E-state index contributed by atoms with van der Waals surface area (Å²) in [5.74, 6) is -2.63. The van der Waals surface area contributed by atoms with Gasteiger partial charge in [0.2, 0.25) is 0 Å². The number of hydrogen-bond acceptors (Lipinski definition) is 1. The lowest BCUT2D eigenvalue weighted by molar-refractivity contribution is 0.0261. The second-order valence-electron chi connectivity index (χ2n) is 1.66. The van der Waals surface area contributed by atoms with Crippen LogP contribution in [-0.4, -0.2) is 12.5 Å². The van der Waals surface area contributed by atoms with Crippen molar-refractivity contribution in [2.24, 2.45) is 0 Å². The number of halogens is 2. The van der Waals surface area contributed by atoms with E-state index in [2.05, 4.69) is 11.9 Å². The number of hydrogen-bond donors (Lipinski definition) is 1. The van der Waals surface area contributed by atoms with Crippen molar-refractivity contribution in [3.63, 3.8) is 0 Å². The lowest BCUT2D eigenvalue weighted by atomic mass is 10.4. The Morgan fingerprint density at radius 1 is 1.75 bits per heavy atom. The number of alkyl halides is 2. The van der Waals surface area contributed by atoms with Gasteiger partial charge < -0.3 is 5.32 Å². The normalized spacial score (nSPS) is 10.9. The van der Waals surface area contributed by atoms with Gasteiger partial charge in [-0.25, -0.2) is 8.78 Å². The van der Waals surface area contributed by atoms with Gasteiger partial charge in [0.25, 0.3) is 5.92 Å². The maximum atomic E-state index is 11.8. The van der Waals surface area contributed by atoms with Gasteiger partial charge in [-0.2, -0.15) is 0 Å². The fourth-order valence-corrected chi connectivity index (χ4v) is 0.251. The molecular weight excluding hydrogens is 112 g/mol. The van der Waals surface area contributed by atoms with E-state index in [0.717, 1.165) is 6.92 Å². The van der Waals surface area contributed by atoms with E-state index in [-0.39, 0.29) is 6.54 Å². The highest BCUT2D eigenvalue weighted by atomic mass is 19.3. The molecule has 0 radical (unpaired) electrons. The molecule has 0 saturated heterocycles. The number of rotatable bonds is 3. The van der Waals surface area contributed by atoms with Crippen LogP contribution in [0, 0.1) is 0 Å². The molecule has 1 N–H and O–H groups in total. The van der Waals surface area contributed by atoms with Gasteiger partial charge in [0.05, 0.1) is 6.54 Å². The van der Waals surface area contributed by atoms with Gasteiger partial charge in [-0.1, -0.05) is 6.58 Å². The largest absolute Gasteiger partial charge is 0.385 e. The zero-order chi connectivity index (χ0) is 6.62. The van der Waals surface area contributed by atoms with Gasteiger partial charge in [-0.05, 0) is 6.20 Å². The first kappa shape index (κ1) is 7.40. The minimum atomic E-state index is -2.63. The van der Waals surface area contributed by atoms with Crippen molar-refractivity contribution >= 4 is 0 Å². The van der Waals surface area contributed by atoms with Gasteiger partial charge in [0, 0.05) is 6.92 Å². The molecule has 0 aromatic heterocycles. The molecule has 0 rings (SSSR count). The van der Waals surface area contributed by atoms with E-state index in [9.17, 15) is 8.78 Å². The summed E-state index contributed by atoms with van der Waals surface area (Å²) in [6.07, 6.45) is 1.25. The molecule has 0 heterocycles. The molecule has 0 aliphatic heterocycles. The van der Waals surface area contributed by atoms with E-state index in [1.54, 1.807) is 0 Å². The highest BCUT2D eigenvalue weighted by Crippen LogP contribution is 2.08. The molecule has 0 spiro atoms. The first-order valence-electron chi connectivity index (χ1n) is 2.28. The van der Waals surface area contributed by atoms with Crippen molar-refractivity contribution in [2.75, 3.05) is 6.54 Å². The lowest BCUT2D eigenvalue weighted by Gasteiger charge is -2.07.